The minimum atomic E-state index is -0.127. The number of hydrogen-bond donors (Lipinski definition) is 2. The van der Waals surface area contributed by atoms with E-state index in [1.807, 2.05) is 6.07 Å². The third-order valence-corrected chi connectivity index (χ3v) is 5.06. The smallest absolute Gasteiger partial charge is 0.270 e. The molecule has 0 unspecified atom stereocenters. The quantitative estimate of drug-likeness (QED) is 0.884. The van der Waals surface area contributed by atoms with Crippen molar-refractivity contribution < 1.29 is 9.53 Å². The molecular formula is C17H23N5O2. The lowest BCUT2D eigenvalue weighted by Crippen LogP contribution is -2.48. The first kappa shape index (κ1) is 15.5. The van der Waals surface area contributed by atoms with Gasteiger partial charge in [0.1, 0.15) is 5.69 Å². The number of nitrogens with one attached hydrogen (secondary N) is 2. The van der Waals surface area contributed by atoms with Gasteiger partial charge in [0.05, 0.1) is 18.9 Å². The molecule has 2 fully saturated rings. The Bertz CT molecular complexity index is 743. The average Bonchev–Trinajstić information content (AvgIpc) is 3.18. The van der Waals surface area contributed by atoms with Crippen molar-refractivity contribution in [3.05, 3.63) is 24.0 Å². The van der Waals surface area contributed by atoms with E-state index in [1.165, 1.54) is 0 Å². The molecular weight excluding hydrogens is 306 g/mol. The zero-order chi connectivity index (χ0) is 16.7. The summed E-state index contributed by atoms with van der Waals surface area (Å²) in [6, 6.07) is 4.16. The number of ether oxygens (including phenoxy) is 1. The number of carbonyl (C=O) groups is 1. The molecule has 0 spiro atoms. The molecule has 0 saturated carbocycles. The van der Waals surface area contributed by atoms with E-state index < -0.39 is 0 Å². The molecule has 4 heterocycles. The van der Waals surface area contributed by atoms with Crippen LogP contribution in [0, 0.1) is 5.92 Å². The van der Waals surface area contributed by atoms with Crippen LogP contribution in [0.4, 0.5) is 0 Å². The molecule has 1 amide bonds. The van der Waals surface area contributed by atoms with E-state index in [-0.39, 0.29) is 11.9 Å². The van der Waals surface area contributed by atoms with Crippen molar-refractivity contribution in [2.24, 2.45) is 5.92 Å². The average molecular weight is 329 g/mol. The zero-order valence-electron chi connectivity index (χ0n) is 14.0. The van der Waals surface area contributed by atoms with Crippen molar-refractivity contribution in [3.8, 4) is 0 Å². The van der Waals surface area contributed by atoms with Crippen LogP contribution in [0.15, 0.2) is 18.3 Å². The number of morpholine rings is 1. The topological polar surface area (TPSA) is 83.1 Å². The van der Waals surface area contributed by atoms with Crippen LogP contribution >= 0.6 is 0 Å². The van der Waals surface area contributed by atoms with Crippen LogP contribution in [-0.2, 0) is 4.74 Å². The fourth-order valence-corrected chi connectivity index (χ4v) is 3.62. The number of amides is 1. The Morgan fingerprint density at radius 3 is 3.12 bits per heavy atom. The maximum Gasteiger partial charge on any atom is 0.270 e. The Morgan fingerprint density at radius 1 is 1.42 bits per heavy atom. The van der Waals surface area contributed by atoms with Gasteiger partial charge in [-0.15, -0.1) is 0 Å². The minimum absolute atomic E-state index is 0.127. The first-order chi connectivity index (χ1) is 11.6. The first-order valence-corrected chi connectivity index (χ1v) is 8.57. The van der Waals surface area contributed by atoms with E-state index in [0.717, 1.165) is 31.5 Å². The standard InChI is InChI=1S/C17H23N5O2/c1-10(2)15-8-22-7-12(5-13(22)9-24-15)19-17(23)14-4-3-11-6-18-21-16(11)20-14/h3-4,6,10,12-13,15H,5,7-9H2,1-2H3,(H,19,23)(H,18,20,21)/t12-,13-,15-/m0/s1. The molecule has 2 aromatic heterocycles. The predicted molar refractivity (Wildman–Crippen MR) is 89.7 cm³/mol. The van der Waals surface area contributed by atoms with Crippen LogP contribution in [0.2, 0.25) is 0 Å². The van der Waals surface area contributed by atoms with Crippen LogP contribution in [0.3, 0.4) is 0 Å². The van der Waals surface area contributed by atoms with Crippen molar-refractivity contribution in [1.82, 2.24) is 25.4 Å². The summed E-state index contributed by atoms with van der Waals surface area (Å²) >= 11 is 0. The van der Waals surface area contributed by atoms with E-state index in [2.05, 4.69) is 39.2 Å². The van der Waals surface area contributed by atoms with Crippen molar-refractivity contribution in [2.75, 3.05) is 19.7 Å². The summed E-state index contributed by atoms with van der Waals surface area (Å²) in [7, 11) is 0. The highest BCUT2D eigenvalue weighted by Gasteiger charge is 2.38. The second kappa shape index (κ2) is 6.14. The largest absolute Gasteiger partial charge is 0.375 e. The number of aromatic amines is 1. The van der Waals surface area contributed by atoms with Crippen LogP contribution in [0.1, 0.15) is 30.8 Å². The van der Waals surface area contributed by atoms with Crippen molar-refractivity contribution >= 4 is 16.9 Å². The Labute approximate surface area is 140 Å². The number of carbonyl (C=O) groups excluding carboxylic acids is 1. The molecule has 0 aromatic carbocycles. The Morgan fingerprint density at radius 2 is 2.29 bits per heavy atom. The second-order valence-corrected chi connectivity index (χ2v) is 7.13. The third-order valence-electron chi connectivity index (χ3n) is 5.06. The van der Waals surface area contributed by atoms with Crippen LogP contribution in [-0.4, -0.2) is 63.9 Å². The molecule has 24 heavy (non-hydrogen) atoms. The van der Waals surface area contributed by atoms with Gasteiger partial charge in [0, 0.05) is 30.6 Å². The molecule has 2 N–H and O–H groups in total. The van der Waals surface area contributed by atoms with Crippen molar-refractivity contribution in [1.29, 1.82) is 0 Å². The maximum absolute atomic E-state index is 12.5. The number of fused-ring (bicyclic) bond motifs is 2. The van der Waals surface area contributed by atoms with Crippen molar-refractivity contribution in [3.63, 3.8) is 0 Å². The van der Waals surface area contributed by atoms with Gasteiger partial charge in [0.25, 0.3) is 5.91 Å². The molecule has 2 saturated heterocycles. The molecule has 7 nitrogen and oxygen atoms in total. The molecule has 4 rings (SSSR count). The highest BCUT2D eigenvalue weighted by molar-refractivity contribution is 5.94. The molecule has 2 aliphatic rings. The van der Waals surface area contributed by atoms with Gasteiger partial charge in [-0.25, -0.2) is 4.98 Å². The number of H-pyrrole nitrogens is 1. The predicted octanol–water partition coefficient (Wildman–Crippen LogP) is 1.19. The highest BCUT2D eigenvalue weighted by atomic mass is 16.5. The van der Waals surface area contributed by atoms with Crippen LogP contribution < -0.4 is 5.32 Å². The molecule has 0 aliphatic carbocycles. The lowest BCUT2D eigenvalue weighted by Gasteiger charge is -2.36. The minimum Gasteiger partial charge on any atom is -0.375 e. The molecule has 128 valence electrons. The number of pyridine rings is 1. The van der Waals surface area contributed by atoms with E-state index in [4.69, 9.17) is 4.74 Å². The Kier molecular flexibility index (Phi) is 3.97. The van der Waals surface area contributed by atoms with Gasteiger partial charge < -0.3 is 10.1 Å². The Balaban J connectivity index is 1.40. The third kappa shape index (κ3) is 2.89. The monoisotopic (exact) mass is 329 g/mol. The molecule has 3 atom stereocenters. The second-order valence-electron chi connectivity index (χ2n) is 7.13. The van der Waals surface area contributed by atoms with Gasteiger partial charge >= 0.3 is 0 Å². The number of aromatic nitrogens is 3. The summed E-state index contributed by atoms with van der Waals surface area (Å²) in [4.78, 5) is 19.3. The number of rotatable bonds is 3. The van der Waals surface area contributed by atoms with Crippen LogP contribution in [0.25, 0.3) is 11.0 Å². The summed E-state index contributed by atoms with van der Waals surface area (Å²) in [5.74, 6) is 0.391. The van der Waals surface area contributed by atoms with Crippen LogP contribution in [0.5, 0.6) is 0 Å². The van der Waals surface area contributed by atoms with Gasteiger partial charge in [0.2, 0.25) is 0 Å². The van der Waals surface area contributed by atoms with E-state index >= 15 is 0 Å². The highest BCUT2D eigenvalue weighted by Crippen LogP contribution is 2.26. The van der Waals surface area contributed by atoms with Gasteiger partial charge in [-0.1, -0.05) is 13.8 Å². The summed E-state index contributed by atoms with van der Waals surface area (Å²) in [6.07, 6.45) is 2.92. The van der Waals surface area contributed by atoms with Gasteiger partial charge in [-0.2, -0.15) is 5.10 Å². The number of nitrogens with zero attached hydrogens (tertiary/aromatic N) is 3. The SMILES string of the molecule is CC(C)[C@@H]1CN2C[C@@H](NC(=O)c3ccc4cn[nH]c4n3)C[C@H]2CO1. The van der Waals surface area contributed by atoms with Crippen molar-refractivity contribution in [2.45, 2.75) is 38.5 Å². The summed E-state index contributed by atoms with van der Waals surface area (Å²) < 4.78 is 5.95. The fraction of sp³-hybridized carbons (Fsp3) is 0.588. The summed E-state index contributed by atoms with van der Waals surface area (Å²) in [5.41, 5.74) is 1.06. The molecule has 2 aliphatic heterocycles. The maximum atomic E-state index is 12.5. The first-order valence-electron chi connectivity index (χ1n) is 8.57. The summed E-state index contributed by atoms with van der Waals surface area (Å²) in [6.45, 7) is 6.98. The van der Waals surface area contributed by atoms with Gasteiger partial charge in [-0.3, -0.25) is 14.8 Å². The lowest BCUT2D eigenvalue weighted by molar-refractivity contribution is -0.0683. The Hall–Kier alpha value is -1.99. The molecule has 0 bridgehead atoms. The van der Waals surface area contributed by atoms with E-state index in [1.54, 1.807) is 12.3 Å². The molecule has 7 heteroatoms. The van der Waals surface area contributed by atoms with E-state index in [9.17, 15) is 4.79 Å². The lowest BCUT2D eigenvalue weighted by atomic mass is 10.0. The fourth-order valence-electron chi connectivity index (χ4n) is 3.62. The zero-order valence-corrected chi connectivity index (χ0v) is 14.0. The molecule has 2 aromatic rings. The number of hydrogen-bond acceptors (Lipinski definition) is 5. The summed E-state index contributed by atoms with van der Waals surface area (Å²) in [5, 5.41) is 10.8. The van der Waals surface area contributed by atoms with Gasteiger partial charge in [0.15, 0.2) is 5.65 Å². The molecule has 0 radical (unpaired) electrons. The normalized spacial score (nSPS) is 27.5. The van der Waals surface area contributed by atoms with E-state index in [0.29, 0.717) is 29.4 Å². The van der Waals surface area contributed by atoms with Gasteiger partial charge in [-0.05, 0) is 24.5 Å².